The van der Waals surface area contributed by atoms with E-state index in [1.807, 2.05) is 73.1 Å². The number of para-hydroxylation sites is 3. The summed E-state index contributed by atoms with van der Waals surface area (Å²) in [5.41, 5.74) is 24.1. The van der Waals surface area contributed by atoms with Crippen LogP contribution in [0.1, 0.15) is 104 Å². The second-order valence-corrected chi connectivity index (χ2v) is 27.2. The minimum absolute atomic E-state index is 0. The van der Waals surface area contributed by atoms with Gasteiger partial charge in [-0.2, -0.15) is 0 Å². The SMILES string of the molecule is CC(C)c1cc(-c2ccc(-c3nc(C(C)(C)C)nc(C(C)(C)C)n3)cc2)cc(C(C)C)c1-n1c(-c2[c-]ccc3c2oc2ccccc23)nc2ccccc21.[Ir+3].[c-]1cc(-c2ccccc2-c2ccccc2-c2ccccc2-c2ccc(-c3[c-]cccc3)nc2)ccc1-c1ccccn1. The maximum Gasteiger partial charge on any atom is 3.00 e. The maximum absolute atomic E-state index is 6.55. The first kappa shape index (κ1) is 65.1. The van der Waals surface area contributed by atoms with E-state index < -0.39 is 0 Å². The third kappa shape index (κ3) is 13.2. The first-order valence-electron chi connectivity index (χ1n) is 33.0. The molecular weight excluding hydrogens is 1360 g/mol. The zero-order chi connectivity index (χ0) is 66.2. The molecule has 10 aromatic carbocycles. The van der Waals surface area contributed by atoms with E-state index in [1.54, 1.807) is 0 Å². The van der Waals surface area contributed by atoms with Crippen molar-refractivity contribution in [1.29, 1.82) is 0 Å². The second kappa shape index (κ2) is 27.3. The van der Waals surface area contributed by atoms with Crippen LogP contribution in [0.5, 0.6) is 0 Å². The summed E-state index contributed by atoms with van der Waals surface area (Å²) in [7, 11) is 0. The van der Waals surface area contributed by atoms with Crippen LogP contribution in [0.15, 0.2) is 259 Å². The Morgan fingerprint density at radius 1 is 0.423 bits per heavy atom. The molecule has 0 atom stereocenters. The summed E-state index contributed by atoms with van der Waals surface area (Å²) < 4.78 is 8.90. The summed E-state index contributed by atoms with van der Waals surface area (Å²) in [6, 6.07) is 94.6. The zero-order valence-corrected chi connectivity index (χ0v) is 58.7. The van der Waals surface area contributed by atoms with E-state index in [9.17, 15) is 0 Å². The van der Waals surface area contributed by atoms with Gasteiger partial charge in [0.05, 0.1) is 22.4 Å². The molecule has 476 valence electrons. The van der Waals surface area contributed by atoms with Gasteiger partial charge in [0.1, 0.15) is 17.2 Å². The summed E-state index contributed by atoms with van der Waals surface area (Å²) >= 11 is 0. The van der Waals surface area contributed by atoms with Gasteiger partial charge in [-0.3, -0.25) is 4.98 Å². The third-order valence-corrected chi connectivity index (χ3v) is 17.7. The summed E-state index contributed by atoms with van der Waals surface area (Å²) in [5, 5.41) is 2.15. The van der Waals surface area contributed by atoms with E-state index >= 15 is 0 Å². The largest absolute Gasteiger partial charge is 3.00 e. The van der Waals surface area contributed by atoms with Crippen LogP contribution in [0.25, 0.3) is 140 Å². The van der Waals surface area contributed by atoms with Crippen LogP contribution >= 0.6 is 0 Å². The molecule has 8 nitrogen and oxygen atoms in total. The van der Waals surface area contributed by atoms with Crippen LogP contribution < -0.4 is 0 Å². The van der Waals surface area contributed by atoms with Crippen LogP contribution in [0.3, 0.4) is 0 Å². The molecule has 0 saturated carbocycles. The Morgan fingerprint density at radius 3 is 1.56 bits per heavy atom. The topological polar surface area (TPSA) is 95.4 Å². The molecule has 97 heavy (non-hydrogen) atoms. The molecule has 0 aliphatic heterocycles. The van der Waals surface area contributed by atoms with Gasteiger partial charge in [-0.15, -0.1) is 83.9 Å². The van der Waals surface area contributed by atoms with Crippen molar-refractivity contribution in [2.24, 2.45) is 0 Å². The number of imidazole rings is 1. The molecule has 0 unspecified atom stereocenters. The zero-order valence-electron chi connectivity index (χ0n) is 56.3. The Kier molecular flexibility index (Phi) is 18.3. The number of pyridine rings is 2. The average Bonchev–Trinajstić information content (AvgIpc) is 1.61. The number of nitrogens with zero attached hydrogens (tertiary/aromatic N) is 7. The molecule has 15 aromatic rings. The van der Waals surface area contributed by atoms with Crippen LogP contribution in [0.4, 0.5) is 0 Å². The molecule has 0 fully saturated rings. The molecule has 0 spiro atoms. The van der Waals surface area contributed by atoms with Crippen LogP contribution in [-0.2, 0) is 30.9 Å². The van der Waals surface area contributed by atoms with E-state index in [0.717, 1.165) is 112 Å². The predicted molar refractivity (Wildman–Crippen MR) is 395 cm³/mol. The van der Waals surface area contributed by atoms with Gasteiger partial charge in [-0.1, -0.05) is 243 Å². The molecule has 5 heterocycles. The van der Waals surface area contributed by atoms with Gasteiger partial charge in [0.15, 0.2) is 5.82 Å². The normalized spacial score (nSPS) is 11.7. The van der Waals surface area contributed by atoms with Gasteiger partial charge >= 0.3 is 20.1 Å². The van der Waals surface area contributed by atoms with Crippen molar-refractivity contribution >= 4 is 33.0 Å². The molecule has 0 N–H and O–H groups in total. The van der Waals surface area contributed by atoms with E-state index in [2.05, 4.69) is 279 Å². The van der Waals surface area contributed by atoms with E-state index in [-0.39, 0.29) is 42.8 Å². The van der Waals surface area contributed by atoms with Gasteiger partial charge in [-0.25, -0.2) is 15.0 Å². The Morgan fingerprint density at radius 2 is 0.969 bits per heavy atom. The molecule has 0 bridgehead atoms. The number of furan rings is 1. The van der Waals surface area contributed by atoms with Gasteiger partial charge in [0.2, 0.25) is 0 Å². The second-order valence-electron chi connectivity index (χ2n) is 27.2. The minimum Gasteiger partial charge on any atom is -0.501 e. The first-order valence-corrected chi connectivity index (χ1v) is 33.0. The molecule has 0 saturated heterocycles. The molecule has 0 radical (unpaired) electrons. The van der Waals surface area contributed by atoms with Gasteiger partial charge in [0, 0.05) is 39.9 Å². The van der Waals surface area contributed by atoms with Crippen molar-refractivity contribution in [1.82, 2.24) is 34.5 Å². The van der Waals surface area contributed by atoms with Crippen molar-refractivity contribution in [2.45, 2.75) is 91.9 Å². The molecule has 9 heteroatoms. The average molecular weight is 1440 g/mol. The van der Waals surface area contributed by atoms with Crippen LogP contribution in [0, 0.1) is 18.2 Å². The molecule has 15 rings (SSSR count). The predicted octanol–water partition coefficient (Wildman–Crippen LogP) is 22.8. The Hall–Kier alpha value is -10.6. The Labute approximate surface area is 582 Å². The van der Waals surface area contributed by atoms with Crippen molar-refractivity contribution < 1.29 is 24.5 Å². The Bertz CT molecular complexity index is 5090. The summed E-state index contributed by atoms with van der Waals surface area (Å²) in [4.78, 5) is 29.4. The number of fused-ring (bicyclic) bond motifs is 4. The van der Waals surface area contributed by atoms with Crippen LogP contribution in [0.2, 0.25) is 0 Å². The summed E-state index contributed by atoms with van der Waals surface area (Å²) in [6.07, 6.45) is 3.78. The van der Waals surface area contributed by atoms with E-state index in [1.165, 1.54) is 44.6 Å². The summed E-state index contributed by atoms with van der Waals surface area (Å²) in [5.74, 6) is 3.61. The van der Waals surface area contributed by atoms with E-state index in [0.29, 0.717) is 5.82 Å². The van der Waals surface area contributed by atoms with Gasteiger partial charge < -0.3 is 19.0 Å². The minimum atomic E-state index is -0.198. The molecule has 0 aliphatic rings. The standard InChI is InChI=1S/C48H48N5O.C40H26N2.Ir/c1-28(2)36-26-32(30-22-24-31(25-23-30)43-50-45(47(5,6)7)52-46(51-43)48(8,9)10)27-37(29(3)4)41(36)53-39-20-13-12-19-38(39)49-44(53)35-18-15-17-34-33-16-11-14-21-40(33)54-42(34)35;1-2-12-30(13-3-1)40-26-25-32(28-42-40)34-15-5-7-17-36(34)38-19-9-8-18-37(38)35-16-6-4-14-33(35)29-21-23-31(24-22-29)39-20-10-11-27-41-39;/h11-17,19-29H,1-10H3;1-12,14-23,25-28H;/q-1;-2;+3. The monoisotopic (exact) mass is 1440 g/mol. The van der Waals surface area contributed by atoms with Crippen LogP contribution in [-0.4, -0.2) is 34.5 Å². The summed E-state index contributed by atoms with van der Waals surface area (Å²) in [6.45, 7) is 22.0. The fraction of sp³-hybridized carbons (Fsp3) is 0.159. The molecule has 0 amide bonds. The van der Waals surface area contributed by atoms with Gasteiger partial charge in [-0.05, 0) is 115 Å². The Balaban J connectivity index is 0.000000178. The van der Waals surface area contributed by atoms with Crippen molar-refractivity contribution in [3.05, 3.63) is 296 Å². The number of hydrogen-bond donors (Lipinski definition) is 0. The number of aromatic nitrogens is 7. The third-order valence-electron chi connectivity index (χ3n) is 17.7. The number of rotatable bonds is 12. The smallest absolute Gasteiger partial charge is 0.501 e. The maximum atomic E-state index is 6.55. The van der Waals surface area contributed by atoms with Gasteiger partial charge in [0.25, 0.3) is 0 Å². The quantitative estimate of drug-likeness (QED) is 0.112. The molecule has 5 aromatic heterocycles. The molecular formula is C88H74IrN7O. The van der Waals surface area contributed by atoms with Crippen molar-refractivity contribution in [2.75, 3.05) is 0 Å². The van der Waals surface area contributed by atoms with Crippen molar-refractivity contribution in [3.63, 3.8) is 0 Å². The van der Waals surface area contributed by atoms with E-state index in [4.69, 9.17) is 29.3 Å². The molecule has 0 aliphatic carbocycles. The number of hydrogen-bond acceptors (Lipinski definition) is 7. The fourth-order valence-electron chi connectivity index (χ4n) is 12.7. The first-order chi connectivity index (χ1) is 46.5. The fourth-order valence-corrected chi connectivity index (χ4v) is 12.7. The number of benzene rings is 10. The van der Waals surface area contributed by atoms with Crippen molar-refractivity contribution in [3.8, 4) is 107 Å².